The summed E-state index contributed by atoms with van der Waals surface area (Å²) in [6, 6.07) is 7.00. The Morgan fingerprint density at radius 2 is 1.35 bits per heavy atom. The highest BCUT2D eigenvalue weighted by atomic mass is 32.2. The van der Waals surface area contributed by atoms with E-state index in [0.29, 0.717) is 0 Å². The van der Waals surface area contributed by atoms with Gasteiger partial charge in [-0.3, -0.25) is 4.55 Å². The molecule has 0 heterocycles. The maximum Gasteiger partial charge on any atom is 0.294 e. The van der Waals surface area contributed by atoms with Crippen molar-refractivity contribution < 1.29 is 18.1 Å². The molecular weight excluding hydrogens is 312 g/mol. The van der Waals surface area contributed by atoms with Crippen LogP contribution in [0.4, 0.5) is 0 Å². The third-order valence-electron chi connectivity index (χ3n) is 3.15. The van der Waals surface area contributed by atoms with E-state index >= 15 is 0 Å². The van der Waals surface area contributed by atoms with Gasteiger partial charge >= 0.3 is 0 Å². The van der Waals surface area contributed by atoms with Crippen LogP contribution in [0.25, 0.3) is 10.8 Å². The van der Waals surface area contributed by atoms with Crippen LogP contribution in [0.5, 0.6) is 0 Å². The second-order valence-corrected chi connectivity index (χ2v) is 5.74. The molecule has 5 heteroatoms. The fourth-order valence-electron chi connectivity index (χ4n) is 1.99. The van der Waals surface area contributed by atoms with Crippen LogP contribution in [-0.2, 0) is 10.1 Å². The molecule has 0 aromatic heterocycles. The van der Waals surface area contributed by atoms with Crippen molar-refractivity contribution >= 4 is 20.9 Å². The Morgan fingerprint density at radius 3 is 1.78 bits per heavy atom. The minimum absolute atomic E-state index is 0.0452. The third kappa shape index (κ3) is 6.14. The zero-order valence-corrected chi connectivity index (χ0v) is 15.7. The molecule has 0 unspecified atom stereocenters. The second kappa shape index (κ2) is 10.9. The largest absolute Gasteiger partial charge is 0.400 e. The van der Waals surface area contributed by atoms with Crippen molar-refractivity contribution in [3.63, 3.8) is 0 Å². The van der Waals surface area contributed by atoms with E-state index in [4.69, 9.17) is 9.66 Å². The summed E-state index contributed by atoms with van der Waals surface area (Å²) in [7, 11) is -3.15. The molecule has 2 N–H and O–H groups in total. The van der Waals surface area contributed by atoms with Crippen LogP contribution < -0.4 is 0 Å². The lowest BCUT2D eigenvalue weighted by Gasteiger charge is -2.10. The number of aryl methyl sites for hydroxylation is 3. The van der Waals surface area contributed by atoms with Gasteiger partial charge in [-0.1, -0.05) is 26.0 Å². The Bertz CT molecular complexity index is 719. The zero-order chi connectivity index (χ0) is 18.8. The average molecular weight is 340 g/mol. The Morgan fingerprint density at radius 1 is 0.870 bits per heavy atom. The molecule has 130 valence electrons. The summed E-state index contributed by atoms with van der Waals surface area (Å²) in [5, 5.41) is 8.89. The van der Waals surface area contributed by atoms with Gasteiger partial charge in [0.2, 0.25) is 0 Å². The maximum absolute atomic E-state index is 11.2. The van der Waals surface area contributed by atoms with Gasteiger partial charge in [-0.25, -0.2) is 0 Å². The minimum atomic E-state index is -4.15. The Balaban J connectivity index is 0. The summed E-state index contributed by atoms with van der Waals surface area (Å²) in [6.07, 6.45) is 0. The highest BCUT2D eigenvalue weighted by Crippen LogP contribution is 2.27. The van der Waals surface area contributed by atoms with Gasteiger partial charge in [-0.15, -0.1) is 13.2 Å². The lowest BCUT2D eigenvalue weighted by Crippen LogP contribution is -1.99. The van der Waals surface area contributed by atoms with Crippen LogP contribution in [-0.4, -0.2) is 25.2 Å². The summed E-state index contributed by atoms with van der Waals surface area (Å²) >= 11 is 0. The van der Waals surface area contributed by atoms with Crippen molar-refractivity contribution in [2.24, 2.45) is 0 Å². The molecule has 0 amide bonds. The predicted octanol–water partition coefficient (Wildman–Crippen LogP) is 4.45. The number of rotatable bonds is 1. The zero-order valence-electron chi connectivity index (χ0n) is 14.8. The summed E-state index contributed by atoms with van der Waals surface area (Å²) < 4.78 is 31.5. The minimum Gasteiger partial charge on any atom is -0.400 e. The quantitative estimate of drug-likeness (QED) is 0.594. The number of hydrogen-bond donors (Lipinski definition) is 2. The Kier molecular flexibility index (Phi) is 11.2. The highest BCUT2D eigenvalue weighted by molar-refractivity contribution is 7.85. The van der Waals surface area contributed by atoms with Crippen LogP contribution in [0.1, 0.15) is 30.5 Å². The fourth-order valence-corrected chi connectivity index (χ4v) is 2.58. The van der Waals surface area contributed by atoms with E-state index in [2.05, 4.69) is 13.2 Å². The number of benzene rings is 2. The standard InChI is InChI=1S/C13H14O3S.C2H6.C2H4.CH4O/c1-8-4-5-12-9(2)6-11(17(14,15)16)7-13(12)10(8)3;3*1-2/h4-7H,1-3H3,(H,14,15,16);1-2H3;1-2H2;2H,1H3. The molecule has 23 heavy (non-hydrogen) atoms. The topological polar surface area (TPSA) is 74.6 Å². The summed E-state index contributed by atoms with van der Waals surface area (Å²) in [6.45, 7) is 15.8. The molecule has 0 aliphatic rings. The smallest absolute Gasteiger partial charge is 0.294 e. The molecule has 0 aliphatic carbocycles. The molecule has 0 saturated heterocycles. The Labute approximate surface area is 140 Å². The van der Waals surface area contributed by atoms with Gasteiger partial charge in [0, 0.05) is 7.11 Å². The maximum atomic E-state index is 11.2. The predicted molar refractivity (Wildman–Crippen MR) is 98.7 cm³/mol. The number of aliphatic hydroxyl groups is 1. The van der Waals surface area contributed by atoms with Gasteiger partial charge in [0.25, 0.3) is 10.1 Å². The van der Waals surface area contributed by atoms with Crippen molar-refractivity contribution in [2.45, 2.75) is 39.5 Å². The van der Waals surface area contributed by atoms with Crippen LogP contribution in [0, 0.1) is 20.8 Å². The molecule has 0 spiro atoms. The highest BCUT2D eigenvalue weighted by Gasteiger charge is 2.13. The van der Waals surface area contributed by atoms with E-state index in [0.717, 1.165) is 34.6 Å². The molecule has 0 aliphatic heterocycles. The number of fused-ring (bicyclic) bond motifs is 1. The van der Waals surface area contributed by atoms with Crippen LogP contribution in [0.2, 0.25) is 0 Å². The van der Waals surface area contributed by atoms with E-state index in [9.17, 15) is 8.42 Å². The first kappa shape index (κ1) is 23.6. The van der Waals surface area contributed by atoms with Gasteiger partial charge in [0.05, 0.1) is 4.90 Å². The molecule has 4 nitrogen and oxygen atoms in total. The van der Waals surface area contributed by atoms with E-state index < -0.39 is 10.1 Å². The van der Waals surface area contributed by atoms with E-state index in [1.54, 1.807) is 0 Å². The number of aliphatic hydroxyl groups excluding tert-OH is 1. The first-order chi connectivity index (χ1) is 10.8. The normalized spacial score (nSPS) is 9.57. The van der Waals surface area contributed by atoms with Crippen LogP contribution >= 0.6 is 0 Å². The van der Waals surface area contributed by atoms with Crippen LogP contribution in [0.3, 0.4) is 0 Å². The summed E-state index contributed by atoms with van der Waals surface area (Å²) in [4.78, 5) is -0.0452. The van der Waals surface area contributed by atoms with E-state index in [1.165, 1.54) is 12.1 Å². The molecule has 0 radical (unpaired) electrons. The molecule has 2 aromatic rings. The number of hydrogen-bond acceptors (Lipinski definition) is 3. The van der Waals surface area contributed by atoms with E-state index in [1.807, 2.05) is 46.8 Å². The van der Waals surface area contributed by atoms with Crippen molar-refractivity contribution in [3.05, 3.63) is 54.1 Å². The molecule has 0 saturated carbocycles. The first-order valence-corrected chi connectivity index (χ1v) is 8.67. The van der Waals surface area contributed by atoms with Crippen LogP contribution in [0.15, 0.2) is 42.3 Å². The molecule has 2 rings (SSSR count). The van der Waals surface area contributed by atoms with Gasteiger partial charge in [0.15, 0.2) is 0 Å². The van der Waals surface area contributed by atoms with Crippen molar-refractivity contribution in [1.82, 2.24) is 0 Å². The molecule has 0 bridgehead atoms. The van der Waals surface area contributed by atoms with Crippen molar-refractivity contribution in [2.75, 3.05) is 7.11 Å². The third-order valence-corrected chi connectivity index (χ3v) is 3.99. The molecule has 0 fully saturated rings. The lowest BCUT2D eigenvalue weighted by molar-refractivity contribution is 0.399. The molecule has 2 aromatic carbocycles. The fraction of sp³-hybridized carbons (Fsp3) is 0.333. The first-order valence-electron chi connectivity index (χ1n) is 7.23. The van der Waals surface area contributed by atoms with Gasteiger partial charge in [-0.05, 0) is 60.4 Å². The molecule has 0 atom stereocenters. The summed E-state index contributed by atoms with van der Waals surface area (Å²) in [5.74, 6) is 0. The Hall–Kier alpha value is -1.69. The monoisotopic (exact) mass is 340 g/mol. The van der Waals surface area contributed by atoms with E-state index in [-0.39, 0.29) is 4.90 Å². The molecular formula is C18H28O4S. The summed E-state index contributed by atoms with van der Waals surface area (Å²) in [5.41, 5.74) is 2.98. The van der Waals surface area contributed by atoms with Gasteiger partial charge in [0.1, 0.15) is 0 Å². The second-order valence-electron chi connectivity index (χ2n) is 4.32. The van der Waals surface area contributed by atoms with Gasteiger partial charge in [-0.2, -0.15) is 8.42 Å². The SMILES string of the molecule is C=C.CC.CO.Cc1ccc2c(C)cc(S(=O)(=O)O)cc2c1C. The van der Waals surface area contributed by atoms with Gasteiger partial charge < -0.3 is 5.11 Å². The average Bonchev–Trinajstić information content (AvgIpc) is 2.56. The van der Waals surface area contributed by atoms with Crippen molar-refractivity contribution in [1.29, 1.82) is 0 Å². The van der Waals surface area contributed by atoms with Crippen molar-refractivity contribution in [3.8, 4) is 0 Å². The lowest BCUT2D eigenvalue weighted by atomic mass is 9.98.